The normalized spacial score (nSPS) is 11.7. The number of hydroxylamine groups is 1. The third-order valence-corrected chi connectivity index (χ3v) is 4.29. The molecular weight excluding hydrogens is 440 g/mol. The van der Waals surface area contributed by atoms with Gasteiger partial charge in [-0.2, -0.15) is 0 Å². The third kappa shape index (κ3) is 10.7. The first kappa shape index (κ1) is 26.5. The standard InChI is InChI=1S/C25H30N2O7/c1-25(2,3)34-23(30)15-20(26-24(31)32-16-19-12-8-5-9-13-19)21(28)17-33-27-22(29)14-18-10-6-4-7-11-18/h4-13,20H,14-17H2,1-3H3,(H,26,31)(H,27,29). The molecule has 0 aliphatic carbocycles. The summed E-state index contributed by atoms with van der Waals surface area (Å²) in [6, 6.07) is 16.7. The maximum Gasteiger partial charge on any atom is 0.408 e. The highest BCUT2D eigenvalue weighted by Crippen LogP contribution is 2.10. The number of rotatable bonds is 11. The van der Waals surface area contributed by atoms with Gasteiger partial charge in [0.25, 0.3) is 0 Å². The van der Waals surface area contributed by atoms with Crippen LogP contribution in [-0.4, -0.2) is 42.0 Å². The van der Waals surface area contributed by atoms with Crippen molar-refractivity contribution >= 4 is 23.8 Å². The van der Waals surface area contributed by atoms with Crippen LogP contribution in [0.1, 0.15) is 38.3 Å². The van der Waals surface area contributed by atoms with Crippen LogP contribution < -0.4 is 10.8 Å². The van der Waals surface area contributed by atoms with Crippen LogP contribution in [0.2, 0.25) is 0 Å². The maximum absolute atomic E-state index is 12.6. The first-order valence-corrected chi connectivity index (χ1v) is 10.8. The molecule has 34 heavy (non-hydrogen) atoms. The number of carbonyl (C=O) groups is 4. The van der Waals surface area contributed by atoms with E-state index in [1.54, 1.807) is 69.3 Å². The molecule has 0 aromatic heterocycles. The third-order valence-electron chi connectivity index (χ3n) is 4.29. The van der Waals surface area contributed by atoms with E-state index in [0.29, 0.717) is 0 Å². The predicted octanol–water partition coefficient (Wildman–Crippen LogP) is 2.87. The van der Waals surface area contributed by atoms with E-state index in [4.69, 9.17) is 14.3 Å². The number of nitrogens with one attached hydrogen (secondary N) is 2. The Morgan fingerprint density at radius 1 is 0.882 bits per heavy atom. The SMILES string of the molecule is CC(C)(C)OC(=O)CC(NC(=O)OCc1ccccc1)C(=O)CONC(=O)Cc1ccccc1. The molecule has 182 valence electrons. The zero-order valence-electron chi connectivity index (χ0n) is 19.5. The second kappa shape index (κ2) is 13.1. The molecule has 0 radical (unpaired) electrons. The van der Waals surface area contributed by atoms with Gasteiger partial charge in [-0.3, -0.25) is 19.2 Å². The molecule has 2 amide bonds. The lowest BCUT2D eigenvalue weighted by atomic mass is 10.1. The number of benzene rings is 2. The molecule has 0 heterocycles. The Hall–Kier alpha value is -3.72. The van der Waals surface area contributed by atoms with E-state index >= 15 is 0 Å². The summed E-state index contributed by atoms with van der Waals surface area (Å²) in [7, 11) is 0. The number of amides is 2. The fourth-order valence-electron chi connectivity index (χ4n) is 2.81. The second-order valence-corrected chi connectivity index (χ2v) is 8.49. The van der Waals surface area contributed by atoms with Gasteiger partial charge in [0, 0.05) is 0 Å². The molecule has 2 aromatic rings. The average Bonchev–Trinajstić information content (AvgIpc) is 2.77. The fourth-order valence-corrected chi connectivity index (χ4v) is 2.81. The zero-order valence-corrected chi connectivity index (χ0v) is 19.5. The minimum atomic E-state index is -1.26. The first-order valence-electron chi connectivity index (χ1n) is 10.8. The molecule has 0 saturated carbocycles. The summed E-state index contributed by atoms with van der Waals surface area (Å²) in [6.45, 7) is 4.50. The van der Waals surface area contributed by atoms with Crippen LogP contribution in [0.15, 0.2) is 60.7 Å². The molecule has 1 atom stereocenters. The van der Waals surface area contributed by atoms with Crippen molar-refractivity contribution in [3.63, 3.8) is 0 Å². The van der Waals surface area contributed by atoms with E-state index in [2.05, 4.69) is 10.8 Å². The molecule has 0 fully saturated rings. The Labute approximate surface area is 198 Å². The fraction of sp³-hybridized carbons (Fsp3) is 0.360. The highest BCUT2D eigenvalue weighted by molar-refractivity contribution is 5.92. The highest BCUT2D eigenvalue weighted by atomic mass is 16.7. The van der Waals surface area contributed by atoms with Gasteiger partial charge in [0.05, 0.1) is 12.8 Å². The minimum absolute atomic E-state index is 0.00787. The summed E-state index contributed by atoms with van der Waals surface area (Å²) >= 11 is 0. The van der Waals surface area contributed by atoms with Gasteiger partial charge in [-0.05, 0) is 31.9 Å². The zero-order chi connectivity index (χ0) is 25.0. The number of ketones is 1. The van der Waals surface area contributed by atoms with Gasteiger partial charge in [-0.1, -0.05) is 60.7 Å². The van der Waals surface area contributed by atoms with Gasteiger partial charge < -0.3 is 14.8 Å². The monoisotopic (exact) mass is 470 g/mol. The summed E-state index contributed by atoms with van der Waals surface area (Å²) in [5.74, 6) is -1.76. The van der Waals surface area contributed by atoms with E-state index in [1.807, 2.05) is 12.1 Å². The molecule has 0 bridgehead atoms. The molecule has 2 N–H and O–H groups in total. The smallest absolute Gasteiger partial charge is 0.408 e. The van der Waals surface area contributed by atoms with Crippen LogP contribution in [0.3, 0.4) is 0 Å². The van der Waals surface area contributed by atoms with Crippen molar-refractivity contribution in [1.29, 1.82) is 0 Å². The lowest BCUT2D eigenvalue weighted by Gasteiger charge is -2.22. The largest absolute Gasteiger partial charge is 0.460 e. The summed E-state index contributed by atoms with van der Waals surface area (Å²) in [4.78, 5) is 54.1. The molecule has 9 nitrogen and oxygen atoms in total. The first-order chi connectivity index (χ1) is 16.1. The van der Waals surface area contributed by atoms with Gasteiger partial charge in [-0.25, -0.2) is 10.3 Å². The number of ether oxygens (including phenoxy) is 2. The summed E-state index contributed by atoms with van der Waals surface area (Å²) in [6.07, 6.45) is -1.22. The Balaban J connectivity index is 1.89. The lowest BCUT2D eigenvalue weighted by molar-refractivity contribution is -0.157. The number of esters is 1. The van der Waals surface area contributed by atoms with Crippen LogP contribution in [0.5, 0.6) is 0 Å². The molecule has 2 rings (SSSR count). The summed E-state index contributed by atoms with van der Waals surface area (Å²) < 4.78 is 10.4. The Kier molecular flexibility index (Phi) is 10.2. The molecule has 0 saturated heterocycles. The van der Waals surface area contributed by atoms with Crippen molar-refractivity contribution in [1.82, 2.24) is 10.8 Å². The molecule has 9 heteroatoms. The summed E-state index contributed by atoms with van der Waals surface area (Å²) in [5, 5.41) is 2.38. The van der Waals surface area contributed by atoms with Gasteiger partial charge in [-0.15, -0.1) is 0 Å². The Morgan fingerprint density at radius 2 is 1.47 bits per heavy atom. The van der Waals surface area contributed by atoms with Crippen molar-refractivity contribution < 1.29 is 33.5 Å². The average molecular weight is 471 g/mol. The van der Waals surface area contributed by atoms with Crippen LogP contribution in [0.4, 0.5) is 4.79 Å². The Bertz CT molecular complexity index is 956. The number of carbonyl (C=O) groups excluding carboxylic acids is 4. The van der Waals surface area contributed by atoms with E-state index in [0.717, 1.165) is 11.1 Å². The quantitative estimate of drug-likeness (QED) is 0.383. The predicted molar refractivity (Wildman–Crippen MR) is 123 cm³/mol. The van der Waals surface area contributed by atoms with Gasteiger partial charge >= 0.3 is 12.1 Å². The van der Waals surface area contributed by atoms with Gasteiger partial charge in [0.15, 0.2) is 5.78 Å². The van der Waals surface area contributed by atoms with Crippen molar-refractivity contribution in [2.24, 2.45) is 0 Å². The number of hydrogen-bond acceptors (Lipinski definition) is 7. The highest BCUT2D eigenvalue weighted by Gasteiger charge is 2.27. The van der Waals surface area contributed by atoms with Crippen LogP contribution in [-0.2, 0) is 41.7 Å². The van der Waals surface area contributed by atoms with Crippen molar-refractivity contribution in [2.75, 3.05) is 6.61 Å². The minimum Gasteiger partial charge on any atom is -0.460 e. The van der Waals surface area contributed by atoms with E-state index in [9.17, 15) is 19.2 Å². The van der Waals surface area contributed by atoms with Crippen LogP contribution in [0.25, 0.3) is 0 Å². The summed E-state index contributed by atoms with van der Waals surface area (Å²) in [5.41, 5.74) is 2.96. The lowest BCUT2D eigenvalue weighted by Crippen LogP contribution is -2.45. The molecule has 0 spiro atoms. The second-order valence-electron chi connectivity index (χ2n) is 8.49. The number of alkyl carbamates (subject to hydrolysis) is 1. The van der Waals surface area contributed by atoms with Crippen LogP contribution in [0, 0.1) is 0 Å². The maximum atomic E-state index is 12.6. The molecule has 0 aliphatic heterocycles. The van der Waals surface area contributed by atoms with Gasteiger partial charge in [0.2, 0.25) is 5.91 Å². The molecular formula is C25H30N2O7. The topological polar surface area (TPSA) is 120 Å². The van der Waals surface area contributed by atoms with E-state index < -0.39 is 48.4 Å². The van der Waals surface area contributed by atoms with E-state index in [-0.39, 0.29) is 13.0 Å². The van der Waals surface area contributed by atoms with Crippen LogP contribution >= 0.6 is 0 Å². The molecule has 2 aromatic carbocycles. The number of hydrogen-bond donors (Lipinski definition) is 2. The van der Waals surface area contributed by atoms with Crippen molar-refractivity contribution in [2.45, 2.75) is 51.9 Å². The number of Topliss-reactive ketones (excluding diaryl/α,β-unsaturated/α-hetero) is 1. The van der Waals surface area contributed by atoms with E-state index in [1.165, 1.54) is 0 Å². The van der Waals surface area contributed by atoms with Crippen molar-refractivity contribution in [3.05, 3.63) is 71.8 Å². The molecule has 0 aliphatic rings. The molecule has 1 unspecified atom stereocenters. The Morgan fingerprint density at radius 3 is 2.06 bits per heavy atom. The van der Waals surface area contributed by atoms with Crippen molar-refractivity contribution in [3.8, 4) is 0 Å². The van der Waals surface area contributed by atoms with Gasteiger partial charge in [0.1, 0.15) is 24.9 Å².